The van der Waals surface area contributed by atoms with E-state index in [0.717, 1.165) is 12.8 Å². The van der Waals surface area contributed by atoms with Gasteiger partial charge in [-0.15, -0.1) is 0 Å². The number of carbonyl (C=O) groups excluding carboxylic acids is 1. The molecule has 0 aromatic heterocycles. The van der Waals surface area contributed by atoms with Crippen molar-refractivity contribution >= 4 is 5.97 Å². The van der Waals surface area contributed by atoms with Crippen LogP contribution in [0.25, 0.3) is 11.1 Å². The van der Waals surface area contributed by atoms with Crippen LogP contribution in [0.15, 0.2) is 48.5 Å². The van der Waals surface area contributed by atoms with Gasteiger partial charge in [0, 0.05) is 24.8 Å². The van der Waals surface area contributed by atoms with Crippen molar-refractivity contribution in [3.8, 4) is 16.9 Å². The molecule has 0 N–H and O–H groups in total. The summed E-state index contributed by atoms with van der Waals surface area (Å²) in [4.78, 5) is 12.6. The number of benzene rings is 3. The van der Waals surface area contributed by atoms with Gasteiger partial charge in [0.05, 0.1) is 18.3 Å². The Morgan fingerprint density at radius 2 is 1.54 bits per heavy atom. The van der Waals surface area contributed by atoms with Crippen LogP contribution in [0.3, 0.4) is 0 Å². The van der Waals surface area contributed by atoms with Crippen LogP contribution in [0.4, 0.5) is 17.6 Å². The van der Waals surface area contributed by atoms with E-state index in [1.54, 1.807) is 14.0 Å². The molecular weight excluding hydrogens is 488 g/mol. The molecule has 1 saturated carbocycles. The second kappa shape index (κ2) is 11.9. The van der Waals surface area contributed by atoms with Gasteiger partial charge >= 0.3 is 5.97 Å². The van der Waals surface area contributed by atoms with E-state index < -0.39 is 34.8 Å². The van der Waals surface area contributed by atoms with Crippen molar-refractivity contribution in [2.45, 2.75) is 51.2 Å². The monoisotopic (exact) mass is 516 g/mol. The molecule has 0 saturated heterocycles. The van der Waals surface area contributed by atoms with E-state index in [1.165, 1.54) is 48.5 Å². The van der Waals surface area contributed by atoms with Gasteiger partial charge in [0.2, 0.25) is 0 Å². The minimum absolute atomic E-state index is 0.0267. The zero-order chi connectivity index (χ0) is 26.5. The summed E-state index contributed by atoms with van der Waals surface area (Å²) in [5, 5.41) is 0. The summed E-state index contributed by atoms with van der Waals surface area (Å²) < 4.78 is 74.3. The van der Waals surface area contributed by atoms with Gasteiger partial charge in [0.1, 0.15) is 5.75 Å². The summed E-state index contributed by atoms with van der Waals surface area (Å²) in [6, 6.07) is 11.2. The Kier molecular flexibility index (Phi) is 8.61. The number of carbonyl (C=O) groups is 1. The van der Waals surface area contributed by atoms with Crippen molar-refractivity contribution in [3.63, 3.8) is 0 Å². The van der Waals surface area contributed by atoms with E-state index >= 15 is 0 Å². The lowest BCUT2D eigenvalue weighted by Crippen LogP contribution is -2.20. The first kappa shape index (κ1) is 26.8. The Hall–Kier alpha value is -3.23. The minimum Gasteiger partial charge on any atom is -0.423 e. The van der Waals surface area contributed by atoms with Crippen molar-refractivity contribution in [3.05, 3.63) is 88.5 Å². The molecule has 0 radical (unpaired) electrons. The molecule has 1 fully saturated rings. The predicted molar refractivity (Wildman–Crippen MR) is 130 cm³/mol. The van der Waals surface area contributed by atoms with Gasteiger partial charge in [-0.3, -0.25) is 0 Å². The highest BCUT2D eigenvalue weighted by molar-refractivity contribution is 5.91. The topological polar surface area (TPSA) is 44.8 Å². The largest absolute Gasteiger partial charge is 0.423 e. The second-order valence-electron chi connectivity index (χ2n) is 8.99. The molecule has 1 aliphatic rings. The number of methoxy groups -OCH3 is 1. The van der Waals surface area contributed by atoms with Crippen LogP contribution in [-0.2, 0) is 16.1 Å². The fourth-order valence-electron chi connectivity index (χ4n) is 4.65. The molecule has 37 heavy (non-hydrogen) atoms. The van der Waals surface area contributed by atoms with Crippen molar-refractivity contribution in [1.82, 2.24) is 0 Å². The van der Waals surface area contributed by atoms with E-state index in [1.807, 2.05) is 0 Å². The molecule has 4 rings (SSSR count). The molecule has 3 aromatic rings. The standard InChI is InChI=1S/C29H28F4O4/c1-3-36-16-19-8-13-22(26(31)25(19)30)18-6-11-21(12-7-18)37-29(34)24-15-14-23(27(32)28(24)33)17-4-9-20(35-2)10-5-17/h6-8,11-15,17,20H,3-5,9-10,16H2,1-2H3. The maximum Gasteiger partial charge on any atom is 0.346 e. The SMILES string of the molecule is CCOCc1ccc(-c2ccc(OC(=O)c3ccc(C4CCC(OC)CC4)c(F)c3F)cc2)c(F)c1F. The Balaban J connectivity index is 1.46. The molecule has 0 unspecified atom stereocenters. The van der Waals surface area contributed by atoms with Crippen LogP contribution in [0.1, 0.15) is 60.0 Å². The number of esters is 1. The first-order valence-electron chi connectivity index (χ1n) is 12.2. The highest BCUT2D eigenvalue weighted by Gasteiger charge is 2.28. The fourth-order valence-corrected chi connectivity index (χ4v) is 4.65. The first-order chi connectivity index (χ1) is 17.8. The number of halogens is 4. The van der Waals surface area contributed by atoms with E-state index in [4.69, 9.17) is 14.2 Å². The van der Waals surface area contributed by atoms with Crippen molar-refractivity contribution in [2.75, 3.05) is 13.7 Å². The predicted octanol–water partition coefficient (Wildman–Crippen LogP) is 7.34. The van der Waals surface area contributed by atoms with Gasteiger partial charge in [-0.2, -0.15) is 0 Å². The molecule has 3 aromatic carbocycles. The fraction of sp³-hybridized carbons (Fsp3) is 0.345. The van der Waals surface area contributed by atoms with E-state index in [9.17, 15) is 22.4 Å². The van der Waals surface area contributed by atoms with E-state index in [2.05, 4.69) is 0 Å². The molecule has 196 valence electrons. The minimum atomic E-state index is -1.25. The molecule has 0 aliphatic heterocycles. The molecule has 1 aliphatic carbocycles. The summed E-state index contributed by atoms with van der Waals surface area (Å²) >= 11 is 0. The third kappa shape index (κ3) is 5.86. The number of hydrogen-bond donors (Lipinski definition) is 0. The number of hydrogen-bond acceptors (Lipinski definition) is 4. The number of ether oxygens (including phenoxy) is 3. The average Bonchev–Trinajstić information content (AvgIpc) is 2.91. The first-order valence-corrected chi connectivity index (χ1v) is 12.2. The van der Waals surface area contributed by atoms with Crippen LogP contribution in [-0.4, -0.2) is 25.8 Å². The molecule has 0 spiro atoms. The second-order valence-corrected chi connectivity index (χ2v) is 8.99. The summed E-state index contributed by atoms with van der Waals surface area (Å²) in [5.41, 5.74) is 0.211. The summed E-state index contributed by atoms with van der Waals surface area (Å²) in [6.45, 7) is 2.09. The van der Waals surface area contributed by atoms with Crippen molar-refractivity contribution < 1.29 is 36.6 Å². The number of rotatable bonds is 8. The van der Waals surface area contributed by atoms with E-state index in [-0.39, 0.29) is 41.1 Å². The summed E-state index contributed by atoms with van der Waals surface area (Å²) in [5.74, 6) is -5.46. The highest BCUT2D eigenvalue weighted by atomic mass is 19.2. The highest BCUT2D eigenvalue weighted by Crippen LogP contribution is 2.36. The molecule has 0 atom stereocenters. The Labute approximate surface area is 213 Å². The third-order valence-electron chi connectivity index (χ3n) is 6.78. The molecule has 0 bridgehead atoms. The van der Waals surface area contributed by atoms with Gasteiger partial charge < -0.3 is 14.2 Å². The Bertz CT molecular complexity index is 1250. The smallest absolute Gasteiger partial charge is 0.346 e. The van der Waals surface area contributed by atoms with Crippen molar-refractivity contribution in [1.29, 1.82) is 0 Å². The summed E-state index contributed by atoms with van der Waals surface area (Å²) in [6.07, 6.45) is 2.99. The Morgan fingerprint density at radius 3 is 2.19 bits per heavy atom. The lowest BCUT2D eigenvalue weighted by Gasteiger charge is -2.28. The van der Waals surface area contributed by atoms with Gasteiger partial charge in [-0.05, 0) is 67.9 Å². The normalized spacial score (nSPS) is 17.6. The quantitative estimate of drug-likeness (QED) is 0.179. The zero-order valence-electron chi connectivity index (χ0n) is 20.7. The zero-order valence-corrected chi connectivity index (χ0v) is 20.7. The third-order valence-corrected chi connectivity index (χ3v) is 6.78. The van der Waals surface area contributed by atoms with Crippen molar-refractivity contribution in [2.24, 2.45) is 0 Å². The van der Waals surface area contributed by atoms with E-state index in [0.29, 0.717) is 25.0 Å². The van der Waals surface area contributed by atoms with Gasteiger partial charge in [0.25, 0.3) is 0 Å². The van der Waals surface area contributed by atoms with Gasteiger partial charge in [0.15, 0.2) is 23.3 Å². The molecule has 8 heteroatoms. The maximum atomic E-state index is 14.8. The van der Waals surface area contributed by atoms with Crippen LogP contribution in [0.5, 0.6) is 5.75 Å². The van der Waals surface area contributed by atoms with Crippen LogP contribution >= 0.6 is 0 Å². The van der Waals surface area contributed by atoms with Gasteiger partial charge in [-0.1, -0.05) is 30.3 Å². The average molecular weight is 517 g/mol. The molecule has 4 nitrogen and oxygen atoms in total. The lowest BCUT2D eigenvalue weighted by molar-refractivity contribution is 0.0654. The summed E-state index contributed by atoms with van der Waals surface area (Å²) in [7, 11) is 1.64. The van der Waals surface area contributed by atoms with Crippen LogP contribution in [0.2, 0.25) is 0 Å². The van der Waals surface area contributed by atoms with Gasteiger partial charge in [-0.25, -0.2) is 22.4 Å². The Morgan fingerprint density at radius 1 is 0.838 bits per heavy atom. The molecule has 0 amide bonds. The lowest BCUT2D eigenvalue weighted by atomic mass is 9.82. The maximum absolute atomic E-state index is 14.8. The van der Waals surface area contributed by atoms with Crippen LogP contribution < -0.4 is 4.74 Å². The molecular formula is C29H28F4O4. The molecule has 0 heterocycles. The van der Waals surface area contributed by atoms with Crippen LogP contribution in [0, 0.1) is 23.3 Å².